The van der Waals surface area contributed by atoms with Crippen molar-refractivity contribution in [2.24, 2.45) is 5.73 Å². The van der Waals surface area contributed by atoms with Crippen LogP contribution in [-0.2, 0) is 24.4 Å². The van der Waals surface area contributed by atoms with Gasteiger partial charge in [0.2, 0.25) is 0 Å². The molecule has 2 aromatic rings. The van der Waals surface area contributed by atoms with Gasteiger partial charge in [0, 0.05) is 38.1 Å². The Morgan fingerprint density at radius 1 is 1.23 bits per heavy atom. The van der Waals surface area contributed by atoms with Crippen LogP contribution in [0, 0.1) is 0 Å². The number of nitrogens with two attached hydrogens (primary N) is 1. The zero-order chi connectivity index (χ0) is 16.8. The Hall–Kier alpha value is -1.22. The van der Waals surface area contributed by atoms with Gasteiger partial charge in [-0.1, -0.05) is 24.3 Å². The van der Waals surface area contributed by atoms with Crippen LogP contribution in [0.25, 0.3) is 0 Å². The number of nitrogens with zero attached hydrogens (tertiary/aromatic N) is 2. The summed E-state index contributed by atoms with van der Waals surface area (Å²) in [5.74, 6) is -0.160. The van der Waals surface area contributed by atoms with Gasteiger partial charge in [0.15, 0.2) is 0 Å². The Morgan fingerprint density at radius 3 is 2.58 bits per heavy atom. The van der Waals surface area contributed by atoms with Gasteiger partial charge < -0.3 is 15.8 Å². The molecule has 144 valence electrons. The van der Waals surface area contributed by atoms with Crippen molar-refractivity contribution in [1.82, 2.24) is 15.2 Å². The average Bonchev–Trinajstić information content (AvgIpc) is 3.11. The van der Waals surface area contributed by atoms with Crippen molar-refractivity contribution >= 4 is 42.1 Å². The number of carbonyl (C=O) groups excluding carboxylic acids is 1. The molecule has 0 spiro atoms. The predicted octanol–water partition coefficient (Wildman–Crippen LogP) is 2.21. The molecule has 2 heterocycles. The number of amides is 1. The fourth-order valence-corrected chi connectivity index (χ4v) is 3.31. The van der Waals surface area contributed by atoms with Crippen molar-refractivity contribution in [1.29, 1.82) is 0 Å². The van der Waals surface area contributed by atoms with E-state index in [2.05, 4.69) is 27.3 Å². The minimum Gasteiger partial charge on any atom is -0.379 e. The molecule has 3 rings (SSSR count). The summed E-state index contributed by atoms with van der Waals surface area (Å²) in [6.45, 7) is 5.19. The molecule has 3 N–H and O–H groups in total. The van der Waals surface area contributed by atoms with Crippen LogP contribution < -0.4 is 11.1 Å². The van der Waals surface area contributed by atoms with Crippen LogP contribution in [0.3, 0.4) is 0 Å². The van der Waals surface area contributed by atoms with E-state index in [0.717, 1.165) is 43.4 Å². The van der Waals surface area contributed by atoms with Gasteiger partial charge in [-0.2, -0.15) is 0 Å². The van der Waals surface area contributed by atoms with Crippen molar-refractivity contribution in [3.63, 3.8) is 0 Å². The Morgan fingerprint density at radius 2 is 1.92 bits per heavy atom. The highest BCUT2D eigenvalue weighted by atomic mass is 35.5. The number of aromatic nitrogens is 1. The molecule has 26 heavy (non-hydrogen) atoms. The maximum Gasteiger partial charge on any atom is 0.271 e. The monoisotopic (exact) mass is 418 g/mol. The summed E-state index contributed by atoms with van der Waals surface area (Å²) < 4.78 is 5.39. The van der Waals surface area contributed by atoms with Crippen LogP contribution in [0.2, 0.25) is 0 Å². The number of nitrogens with one attached hydrogen (secondary N) is 1. The van der Waals surface area contributed by atoms with Crippen LogP contribution in [-0.4, -0.2) is 42.1 Å². The number of rotatable bonds is 6. The zero-order valence-electron chi connectivity index (χ0n) is 14.3. The third-order valence-electron chi connectivity index (χ3n) is 4.01. The number of thiazole rings is 1. The smallest absolute Gasteiger partial charge is 0.271 e. The molecule has 1 fully saturated rings. The molecule has 1 aliphatic heterocycles. The summed E-state index contributed by atoms with van der Waals surface area (Å²) in [5.41, 5.74) is 8.34. The standard InChI is InChI=1S/C17H22N4O2S.2ClH/c18-9-16-20-15(12-24-16)17(22)19-10-13-3-1-2-4-14(13)11-21-5-7-23-8-6-21;;/h1-4,12H,5-11,18H2,(H,19,22);2*1H. The van der Waals surface area contributed by atoms with Gasteiger partial charge in [-0.3, -0.25) is 9.69 Å². The number of ether oxygens (including phenoxy) is 1. The third-order valence-corrected chi connectivity index (χ3v) is 4.89. The van der Waals surface area contributed by atoms with E-state index in [-0.39, 0.29) is 30.7 Å². The van der Waals surface area contributed by atoms with Gasteiger partial charge in [-0.05, 0) is 11.1 Å². The molecule has 0 bridgehead atoms. The SMILES string of the molecule is Cl.Cl.NCc1nc(C(=O)NCc2ccccc2CN2CCOCC2)cs1. The second kappa shape index (κ2) is 11.5. The van der Waals surface area contributed by atoms with Crippen molar-refractivity contribution in [3.05, 3.63) is 51.5 Å². The molecule has 0 saturated carbocycles. The highest BCUT2D eigenvalue weighted by Crippen LogP contribution is 2.14. The highest BCUT2D eigenvalue weighted by molar-refractivity contribution is 7.09. The van der Waals surface area contributed by atoms with E-state index in [4.69, 9.17) is 10.5 Å². The summed E-state index contributed by atoms with van der Waals surface area (Å²) in [5, 5.41) is 5.47. The Labute approximate surface area is 169 Å². The summed E-state index contributed by atoms with van der Waals surface area (Å²) in [7, 11) is 0. The number of halogens is 2. The molecule has 0 atom stereocenters. The van der Waals surface area contributed by atoms with E-state index in [9.17, 15) is 4.79 Å². The second-order valence-corrected chi connectivity index (χ2v) is 6.61. The third kappa shape index (κ3) is 6.19. The molecule has 0 aliphatic carbocycles. The predicted molar refractivity (Wildman–Crippen MR) is 108 cm³/mol. The van der Waals surface area contributed by atoms with Crippen LogP contribution in [0.1, 0.15) is 26.6 Å². The molecule has 6 nitrogen and oxygen atoms in total. The first-order valence-corrected chi connectivity index (χ1v) is 8.94. The fraction of sp³-hybridized carbons (Fsp3) is 0.412. The number of hydrogen-bond donors (Lipinski definition) is 2. The van der Waals surface area contributed by atoms with E-state index in [1.807, 2.05) is 12.1 Å². The summed E-state index contributed by atoms with van der Waals surface area (Å²) >= 11 is 1.41. The Bertz CT molecular complexity index is 693. The van der Waals surface area contributed by atoms with E-state index < -0.39 is 0 Å². The van der Waals surface area contributed by atoms with Crippen LogP contribution in [0.15, 0.2) is 29.6 Å². The lowest BCUT2D eigenvalue weighted by atomic mass is 10.1. The molecular weight excluding hydrogens is 395 g/mol. The summed E-state index contributed by atoms with van der Waals surface area (Å²) in [6, 6.07) is 8.21. The molecule has 1 saturated heterocycles. The molecule has 1 aliphatic rings. The quantitative estimate of drug-likeness (QED) is 0.751. The molecule has 9 heteroatoms. The van der Waals surface area contributed by atoms with Crippen LogP contribution in [0.4, 0.5) is 0 Å². The van der Waals surface area contributed by atoms with Gasteiger partial charge in [-0.15, -0.1) is 36.2 Å². The molecule has 1 aromatic carbocycles. The molecular formula is C17H24Cl2N4O2S. The number of benzene rings is 1. The fourth-order valence-electron chi connectivity index (χ4n) is 2.66. The summed E-state index contributed by atoms with van der Waals surface area (Å²) in [4.78, 5) is 18.8. The topological polar surface area (TPSA) is 80.5 Å². The first-order valence-electron chi connectivity index (χ1n) is 8.06. The number of carbonyl (C=O) groups is 1. The Kier molecular flexibility index (Phi) is 10.1. The van der Waals surface area contributed by atoms with Gasteiger partial charge in [0.25, 0.3) is 5.91 Å². The lowest BCUT2D eigenvalue weighted by molar-refractivity contribution is 0.0340. The minimum atomic E-state index is -0.160. The molecule has 0 radical (unpaired) electrons. The first kappa shape index (κ1) is 22.8. The largest absolute Gasteiger partial charge is 0.379 e. The van der Waals surface area contributed by atoms with Gasteiger partial charge >= 0.3 is 0 Å². The zero-order valence-corrected chi connectivity index (χ0v) is 16.8. The Balaban J connectivity index is 0.00000169. The lowest BCUT2D eigenvalue weighted by Gasteiger charge is -2.27. The first-order chi connectivity index (χ1) is 11.8. The minimum absolute atomic E-state index is 0. The molecule has 0 unspecified atom stereocenters. The van der Waals surface area contributed by atoms with Gasteiger partial charge in [0.1, 0.15) is 10.7 Å². The summed E-state index contributed by atoms with van der Waals surface area (Å²) in [6.07, 6.45) is 0. The normalized spacial score (nSPS) is 14.2. The molecule has 1 amide bonds. The van der Waals surface area contributed by atoms with E-state index in [1.54, 1.807) is 5.38 Å². The lowest BCUT2D eigenvalue weighted by Crippen LogP contribution is -2.36. The maximum atomic E-state index is 12.2. The average molecular weight is 419 g/mol. The van der Waals surface area contributed by atoms with E-state index in [1.165, 1.54) is 16.9 Å². The number of morpholine rings is 1. The van der Waals surface area contributed by atoms with Gasteiger partial charge in [0.05, 0.1) is 13.2 Å². The van der Waals surface area contributed by atoms with Crippen LogP contribution >= 0.6 is 36.2 Å². The molecule has 1 aromatic heterocycles. The van der Waals surface area contributed by atoms with Crippen LogP contribution in [0.5, 0.6) is 0 Å². The highest BCUT2D eigenvalue weighted by Gasteiger charge is 2.14. The van der Waals surface area contributed by atoms with Crippen molar-refractivity contribution < 1.29 is 9.53 Å². The second-order valence-electron chi connectivity index (χ2n) is 5.67. The maximum absolute atomic E-state index is 12.2. The van der Waals surface area contributed by atoms with Crippen molar-refractivity contribution in [3.8, 4) is 0 Å². The van der Waals surface area contributed by atoms with Crippen molar-refractivity contribution in [2.75, 3.05) is 26.3 Å². The van der Waals surface area contributed by atoms with Gasteiger partial charge in [-0.25, -0.2) is 4.98 Å². The number of hydrogen-bond acceptors (Lipinski definition) is 6. The van der Waals surface area contributed by atoms with Crippen molar-refractivity contribution in [2.45, 2.75) is 19.6 Å². The van der Waals surface area contributed by atoms with E-state index >= 15 is 0 Å². The van der Waals surface area contributed by atoms with E-state index in [0.29, 0.717) is 18.8 Å².